The molecule has 4 heteroatoms. The van der Waals surface area contributed by atoms with Crippen LogP contribution in [0.5, 0.6) is 0 Å². The van der Waals surface area contributed by atoms with Gasteiger partial charge in [0.25, 0.3) is 0 Å². The maximum Gasteiger partial charge on any atom is 0.103 e. The highest BCUT2D eigenvalue weighted by Gasteiger charge is 2.26. The minimum atomic E-state index is -0.941. The van der Waals surface area contributed by atoms with Crippen LogP contribution in [0.4, 0.5) is 0 Å². The molecule has 2 aromatic carbocycles. The van der Waals surface area contributed by atoms with Gasteiger partial charge < -0.3 is 10.8 Å². The second kappa shape index (κ2) is 7.27. The predicted octanol–water partition coefficient (Wildman–Crippen LogP) is 3.78. The first-order valence-corrected chi connectivity index (χ1v) is 8.28. The maximum atomic E-state index is 10.7. The van der Waals surface area contributed by atoms with Crippen LogP contribution >= 0.6 is 27.7 Å². The standard InChI is InChI=1S/C16H18BrNOS/c17-14-6-8-15(9-7-14)20-11-10-16(19,12-18)13-4-2-1-3-5-13/h1-9,19H,10-12,18H2. The molecule has 0 heterocycles. The van der Waals surface area contributed by atoms with Gasteiger partial charge in [-0.15, -0.1) is 11.8 Å². The summed E-state index contributed by atoms with van der Waals surface area (Å²) in [6.07, 6.45) is 0.633. The number of rotatable bonds is 6. The average molecular weight is 352 g/mol. The van der Waals surface area contributed by atoms with Gasteiger partial charge >= 0.3 is 0 Å². The molecule has 0 aromatic heterocycles. The summed E-state index contributed by atoms with van der Waals surface area (Å²) in [5, 5.41) is 10.7. The first kappa shape index (κ1) is 15.6. The van der Waals surface area contributed by atoms with E-state index in [0.717, 1.165) is 15.8 Å². The number of aliphatic hydroxyl groups is 1. The molecule has 0 radical (unpaired) electrons. The highest BCUT2D eigenvalue weighted by Crippen LogP contribution is 2.28. The fourth-order valence-electron chi connectivity index (χ4n) is 1.98. The molecule has 0 aliphatic heterocycles. The molecule has 0 aliphatic carbocycles. The third kappa shape index (κ3) is 4.09. The summed E-state index contributed by atoms with van der Waals surface area (Å²) >= 11 is 5.15. The van der Waals surface area contributed by atoms with Gasteiger partial charge in [0.05, 0.1) is 0 Å². The third-order valence-electron chi connectivity index (χ3n) is 3.25. The lowest BCUT2D eigenvalue weighted by molar-refractivity contribution is 0.0431. The van der Waals surface area contributed by atoms with Crippen LogP contribution in [0.1, 0.15) is 12.0 Å². The van der Waals surface area contributed by atoms with Crippen LogP contribution < -0.4 is 5.73 Å². The lowest BCUT2D eigenvalue weighted by atomic mass is 9.91. The summed E-state index contributed by atoms with van der Waals surface area (Å²) in [6.45, 7) is 0.234. The highest BCUT2D eigenvalue weighted by atomic mass is 79.9. The zero-order valence-corrected chi connectivity index (χ0v) is 13.5. The fourth-order valence-corrected chi connectivity index (χ4v) is 3.25. The molecule has 0 saturated heterocycles. The Bertz CT molecular complexity index is 532. The van der Waals surface area contributed by atoms with E-state index in [-0.39, 0.29) is 6.54 Å². The molecule has 2 rings (SSSR count). The van der Waals surface area contributed by atoms with E-state index < -0.39 is 5.60 Å². The molecule has 106 valence electrons. The monoisotopic (exact) mass is 351 g/mol. The Morgan fingerprint density at radius 1 is 1.05 bits per heavy atom. The molecule has 0 aliphatic rings. The van der Waals surface area contributed by atoms with E-state index in [9.17, 15) is 5.11 Å². The second-order valence-corrected chi connectivity index (χ2v) is 6.74. The van der Waals surface area contributed by atoms with Crippen molar-refractivity contribution in [2.24, 2.45) is 5.73 Å². The fraction of sp³-hybridized carbons (Fsp3) is 0.250. The van der Waals surface area contributed by atoms with E-state index in [2.05, 4.69) is 28.1 Å². The molecular weight excluding hydrogens is 334 g/mol. The minimum Gasteiger partial charge on any atom is -0.384 e. The van der Waals surface area contributed by atoms with Gasteiger partial charge in [-0.25, -0.2) is 0 Å². The molecule has 1 atom stereocenters. The van der Waals surface area contributed by atoms with Gasteiger partial charge in [-0.3, -0.25) is 0 Å². The Morgan fingerprint density at radius 2 is 1.70 bits per heavy atom. The quantitative estimate of drug-likeness (QED) is 0.778. The van der Waals surface area contributed by atoms with Gasteiger partial charge in [0, 0.05) is 21.7 Å². The van der Waals surface area contributed by atoms with Gasteiger partial charge in [-0.2, -0.15) is 0 Å². The van der Waals surface area contributed by atoms with Crippen molar-refractivity contribution in [2.75, 3.05) is 12.3 Å². The molecule has 0 spiro atoms. The van der Waals surface area contributed by atoms with Crippen LogP contribution in [-0.4, -0.2) is 17.4 Å². The molecule has 3 N–H and O–H groups in total. The van der Waals surface area contributed by atoms with Crippen molar-refractivity contribution in [1.82, 2.24) is 0 Å². The molecule has 0 fully saturated rings. The number of thioether (sulfide) groups is 1. The topological polar surface area (TPSA) is 46.2 Å². The van der Waals surface area contributed by atoms with Crippen molar-refractivity contribution in [3.63, 3.8) is 0 Å². The molecule has 0 bridgehead atoms. The van der Waals surface area contributed by atoms with E-state index in [1.54, 1.807) is 11.8 Å². The van der Waals surface area contributed by atoms with Crippen LogP contribution in [0, 0.1) is 0 Å². The Kier molecular flexibility index (Phi) is 5.66. The third-order valence-corrected chi connectivity index (χ3v) is 4.79. The first-order chi connectivity index (χ1) is 9.64. The average Bonchev–Trinajstić information content (AvgIpc) is 2.50. The van der Waals surface area contributed by atoms with Crippen molar-refractivity contribution >= 4 is 27.7 Å². The van der Waals surface area contributed by atoms with Crippen molar-refractivity contribution in [3.05, 3.63) is 64.6 Å². The largest absolute Gasteiger partial charge is 0.384 e. The van der Waals surface area contributed by atoms with Crippen LogP contribution in [0.25, 0.3) is 0 Å². The van der Waals surface area contributed by atoms with Gasteiger partial charge in [-0.05, 0) is 36.2 Å². The molecule has 20 heavy (non-hydrogen) atoms. The Hall–Kier alpha value is -0.810. The van der Waals surface area contributed by atoms with Crippen molar-refractivity contribution < 1.29 is 5.11 Å². The van der Waals surface area contributed by atoms with Crippen LogP contribution in [0.3, 0.4) is 0 Å². The van der Waals surface area contributed by atoms with E-state index in [1.165, 1.54) is 4.90 Å². The maximum absolute atomic E-state index is 10.7. The highest BCUT2D eigenvalue weighted by molar-refractivity contribution is 9.10. The van der Waals surface area contributed by atoms with Crippen LogP contribution in [-0.2, 0) is 5.60 Å². The van der Waals surface area contributed by atoms with E-state index in [4.69, 9.17) is 5.73 Å². The number of hydrogen-bond donors (Lipinski definition) is 2. The van der Waals surface area contributed by atoms with Crippen molar-refractivity contribution in [2.45, 2.75) is 16.9 Å². The molecule has 2 nitrogen and oxygen atoms in total. The van der Waals surface area contributed by atoms with Crippen molar-refractivity contribution in [1.29, 1.82) is 0 Å². The zero-order chi connectivity index (χ0) is 14.4. The van der Waals surface area contributed by atoms with E-state index >= 15 is 0 Å². The lowest BCUT2D eigenvalue weighted by Gasteiger charge is -2.27. The summed E-state index contributed by atoms with van der Waals surface area (Å²) in [6, 6.07) is 17.8. The zero-order valence-electron chi connectivity index (χ0n) is 11.1. The first-order valence-electron chi connectivity index (χ1n) is 6.50. The second-order valence-electron chi connectivity index (χ2n) is 4.65. The lowest BCUT2D eigenvalue weighted by Crippen LogP contribution is -2.35. The SMILES string of the molecule is NCC(O)(CCSc1ccc(Br)cc1)c1ccccc1. The van der Waals surface area contributed by atoms with Gasteiger partial charge in [-0.1, -0.05) is 46.3 Å². The summed E-state index contributed by atoms with van der Waals surface area (Å²) in [4.78, 5) is 1.20. The predicted molar refractivity (Wildman–Crippen MR) is 88.9 cm³/mol. The minimum absolute atomic E-state index is 0.234. The summed E-state index contributed by atoms with van der Waals surface area (Å²) in [5.74, 6) is 0.824. The Morgan fingerprint density at radius 3 is 2.30 bits per heavy atom. The molecule has 1 unspecified atom stereocenters. The van der Waals surface area contributed by atoms with Crippen molar-refractivity contribution in [3.8, 4) is 0 Å². The van der Waals surface area contributed by atoms with Gasteiger partial charge in [0.1, 0.15) is 5.60 Å². The Balaban J connectivity index is 1.96. The normalized spacial score (nSPS) is 13.9. The summed E-state index contributed by atoms with van der Waals surface area (Å²) < 4.78 is 1.07. The molecule has 2 aromatic rings. The molecule has 0 amide bonds. The summed E-state index contributed by atoms with van der Waals surface area (Å²) in [5.41, 5.74) is 5.72. The van der Waals surface area contributed by atoms with Gasteiger partial charge in [0.2, 0.25) is 0 Å². The smallest absolute Gasteiger partial charge is 0.103 e. The van der Waals surface area contributed by atoms with E-state index in [1.807, 2.05) is 42.5 Å². The summed E-state index contributed by atoms with van der Waals surface area (Å²) in [7, 11) is 0. The molecular formula is C16H18BrNOS. The number of hydrogen-bond acceptors (Lipinski definition) is 3. The van der Waals surface area contributed by atoms with Crippen LogP contribution in [0.15, 0.2) is 64.0 Å². The molecule has 0 saturated carbocycles. The number of nitrogens with two attached hydrogens (primary N) is 1. The Labute approximate surface area is 132 Å². The van der Waals surface area contributed by atoms with E-state index in [0.29, 0.717) is 6.42 Å². The number of halogens is 1. The number of benzene rings is 2. The van der Waals surface area contributed by atoms with Gasteiger partial charge in [0.15, 0.2) is 0 Å². The van der Waals surface area contributed by atoms with Crippen LogP contribution in [0.2, 0.25) is 0 Å².